The van der Waals surface area contributed by atoms with E-state index in [2.05, 4.69) is 46.7 Å². The number of ether oxygens (including phenoxy) is 1. The van der Waals surface area contributed by atoms with Gasteiger partial charge in [-0.1, -0.05) is 6.07 Å². The van der Waals surface area contributed by atoms with Crippen LogP contribution < -0.4 is 14.4 Å². The summed E-state index contributed by atoms with van der Waals surface area (Å²) >= 11 is 0.981. The number of nitrogens with one attached hydrogen (secondary N) is 1. The number of carbonyl (C=O) groups is 2. The van der Waals surface area contributed by atoms with Crippen LogP contribution in [-0.2, 0) is 0 Å². The monoisotopic (exact) mass is 428 g/mol. The molecule has 8 heteroatoms. The maximum atomic E-state index is 12.7. The molecule has 0 spiro atoms. The average Bonchev–Trinajstić information content (AvgIpc) is 2.71. The van der Waals surface area contributed by atoms with Crippen molar-refractivity contribution in [3.8, 4) is 5.88 Å². The number of piperazine rings is 1. The second kappa shape index (κ2) is 9.38. The summed E-state index contributed by atoms with van der Waals surface area (Å²) in [5.74, 6) is 0.280. The number of aromatic nitrogens is 1. The van der Waals surface area contributed by atoms with Gasteiger partial charge in [-0.2, -0.15) is 0 Å². The smallest absolute Gasteiger partial charge is 0.302 e. The molecule has 1 fully saturated rings. The Labute approximate surface area is 181 Å². The molecular formula is C22H28N4O3S. The Morgan fingerprint density at radius 3 is 2.23 bits per heavy atom. The zero-order valence-electron chi connectivity index (χ0n) is 18.1. The van der Waals surface area contributed by atoms with Crippen molar-refractivity contribution in [1.82, 2.24) is 9.88 Å². The van der Waals surface area contributed by atoms with Gasteiger partial charge in [0.2, 0.25) is 5.88 Å². The summed E-state index contributed by atoms with van der Waals surface area (Å²) in [5, 5.41) is -0.0675. The highest BCUT2D eigenvalue weighted by molar-refractivity contribution is 8.14. The number of aryl methyl sites for hydroxylation is 3. The van der Waals surface area contributed by atoms with Crippen molar-refractivity contribution in [3.05, 3.63) is 46.6 Å². The van der Waals surface area contributed by atoms with Crippen LogP contribution in [0.1, 0.15) is 34.1 Å². The summed E-state index contributed by atoms with van der Waals surface area (Å²) in [6.45, 7) is 10.3. The molecule has 1 amide bonds. The minimum absolute atomic E-state index is 0.0675. The summed E-state index contributed by atoms with van der Waals surface area (Å²) in [6.07, 6.45) is 0. The van der Waals surface area contributed by atoms with E-state index in [4.69, 9.17) is 4.74 Å². The summed E-state index contributed by atoms with van der Waals surface area (Å²) < 4.78 is 8.30. The first-order chi connectivity index (χ1) is 14.3. The van der Waals surface area contributed by atoms with Gasteiger partial charge in [-0.25, -0.2) is 4.98 Å². The number of pyridine rings is 1. The number of hydrogen-bond acceptors (Lipinski definition) is 7. The molecule has 0 radical (unpaired) electrons. The number of nitrogens with zero attached hydrogens (tertiary/aromatic N) is 3. The Balaban J connectivity index is 1.60. The summed E-state index contributed by atoms with van der Waals surface area (Å²) in [4.78, 5) is 32.9. The van der Waals surface area contributed by atoms with Gasteiger partial charge in [0.15, 0.2) is 5.78 Å². The Morgan fingerprint density at radius 1 is 1.03 bits per heavy atom. The minimum atomic E-state index is -0.0791. The van der Waals surface area contributed by atoms with E-state index in [0.29, 0.717) is 35.9 Å². The van der Waals surface area contributed by atoms with Crippen LogP contribution in [0.15, 0.2) is 24.3 Å². The molecule has 1 aromatic carbocycles. The normalized spacial score (nSPS) is 13.9. The number of carbonyl (C=O) groups excluding carboxylic acids is 2. The molecule has 30 heavy (non-hydrogen) atoms. The molecule has 1 N–H and O–H groups in total. The third-order valence-corrected chi connectivity index (χ3v) is 5.86. The van der Waals surface area contributed by atoms with E-state index in [9.17, 15) is 9.59 Å². The van der Waals surface area contributed by atoms with E-state index in [0.717, 1.165) is 25.0 Å². The Bertz CT molecular complexity index is 935. The molecule has 1 aromatic heterocycles. The molecule has 1 aliphatic heterocycles. The summed E-state index contributed by atoms with van der Waals surface area (Å²) in [6, 6.07) is 8.22. The predicted molar refractivity (Wildman–Crippen MR) is 122 cm³/mol. The number of benzene rings is 1. The predicted octanol–water partition coefficient (Wildman–Crippen LogP) is 4.22. The lowest BCUT2D eigenvalue weighted by molar-refractivity contribution is 0.101. The van der Waals surface area contributed by atoms with Gasteiger partial charge in [0.05, 0.1) is 12.8 Å². The van der Waals surface area contributed by atoms with Crippen molar-refractivity contribution in [2.24, 2.45) is 0 Å². The maximum Gasteiger partial charge on any atom is 0.302 e. The summed E-state index contributed by atoms with van der Waals surface area (Å²) in [5.41, 5.74) is 5.32. The quantitative estimate of drug-likeness (QED) is 0.564. The van der Waals surface area contributed by atoms with E-state index in [1.807, 2.05) is 4.90 Å². The molecule has 0 bridgehead atoms. The highest BCUT2D eigenvalue weighted by Crippen LogP contribution is 2.28. The van der Waals surface area contributed by atoms with E-state index in [1.54, 1.807) is 13.0 Å². The van der Waals surface area contributed by atoms with E-state index in [1.165, 1.54) is 30.8 Å². The molecule has 0 saturated carbocycles. The molecule has 3 rings (SSSR count). The van der Waals surface area contributed by atoms with Crippen molar-refractivity contribution in [2.45, 2.75) is 27.7 Å². The molecule has 160 valence electrons. The standard InChI is InChI=1S/C22H28N4O3S/c1-14-10-15(2)12-18(11-14)25-6-8-26(9-7-25)22(28)30-24-20-13-19(17(4)27)16(3)23-21(20)29-5/h10-13,24H,6-9H2,1-5H3. The molecule has 2 heterocycles. The lowest BCUT2D eigenvalue weighted by Crippen LogP contribution is -2.47. The summed E-state index contributed by atoms with van der Waals surface area (Å²) in [7, 11) is 1.51. The average molecular weight is 429 g/mol. The fraction of sp³-hybridized carbons (Fsp3) is 0.409. The number of rotatable bonds is 5. The molecule has 0 aliphatic carbocycles. The van der Waals surface area contributed by atoms with Crippen LogP contribution >= 0.6 is 11.9 Å². The van der Waals surface area contributed by atoms with E-state index < -0.39 is 0 Å². The van der Waals surface area contributed by atoms with Gasteiger partial charge in [-0.15, -0.1) is 0 Å². The van der Waals surface area contributed by atoms with E-state index >= 15 is 0 Å². The molecule has 7 nitrogen and oxygen atoms in total. The first kappa shape index (κ1) is 22.0. The van der Waals surface area contributed by atoms with Crippen LogP contribution in [-0.4, -0.2) is 54.2 Å². The topological polar surface area (TPSA) is 74.8 Å². The van der Waals surface area contributed by atoms with Gasteiger partial charge >= 0.3 is 5.24 Å². The lowest BCUT2D eigenvalue weighted by Gasteiger charge is -2.36. The lowest BCUT2D eigenvalue weighted by atomic mass is 10.1. The van der Waals surface area contributed by atoms with Crippen LogP contribution in [0.25, 0.3) is 0 Å². The maximum absolute atomic E-state index is 12.7. The third kappa shape index (κ3) is 5.05. The number of ketones is 1. The second-order valence-electron chi connectivity index (χ2n) is 7.52. The van der Waals surface area contributed by atoms with E-state index in [-0.39, 0.29) is 11.0 Å². The Morgan fingerprint density at radius 2 is 1.67 bits per heavy atom. The molecule has 0 unspecified atom stereocenters. The second-order valence-corrected chi connectivity index (χ2v) is 8.28. The van der Waals surface area contributed by atoms with Gasteiger partial charge < -0.3 is 19.3 Å². The first-order valence-corrected chi connectivity index (χ1v) is 10.7. The number of Topliss-reactive ketones (excluding diaryl/α,β-unsaturated/α-hetero) is 1. The largest absolute Gasteiger partial charge is 0.479 e. The highest BCUT2D eigenvalue weighted by atomic mass is 32.2. The third-order valence-electron chi connectivity index (χ3n) is 5.11. The van der Waals surface area contributed by atoms with Crippen LogP contribution in [0, 0.1) is 20.8 Å². The minimum Gasteiger partial charge on any atom is -0.479 e. The zero-order chi connectivity index (χ0) is 21.8. The number of anilines is 2. The Kier molecular flexibility index (Phi) is 6.87. The molecule has 2 aromatic rings. The fourth-order valence-electron chi connectivity index (χ4n) is 3.61. The molecular weight excluding hydrogens is 400 g/mol. The van der Waals surface area contributed by atoms with Crippen LogP contribution in [0.4, 0.5) is 16.2 Å². The number of hydrogen-bond donors (Lipinski definition) is 1. The van der Waals surface area contributed by atoms with Crippen LogP contribution in [0.5, 0.6) is 5.88 Å². The van der Waals surface area contributed by atoms with Crippen LogP contribution in [0.3, 0.4) is 0 Å². The number of methoxy groups -OCH3 is 1. The van der Waals surface area contributed by atoms with Gasteiger partial charge in [-0.3, -0.25) is 9.59 Å². The molecule has 1 saturated heterocycles. The zero-order valence-corrected chi connectivity index (χ0v) is 18.9. The van der Waals surface area contributed by atoms with Crippen molar-refractivity contribution < 1.29 is 14.3 Å². The Hall–Kier alpha value is -2.74. The van der Waals surface area contributed by atoms with Crippen molar-refractivity contribution >= 4 is 34.3 Å². The van der Waals surface area contributed by atoms with Gasteiger partial charge in [0, 0.05) is 49.4 Å². The first-order valence-electron chi connectivity index (χ1n) is 9.90. The SMILES string of the molecule is COc1nc(C)c(C(C)=O)cc1NSC(=O)N1CCN(c2cc(C)cc(C)c2)CC1. The molecule has 1 aliphatic rings. The van der Waals surface area contributed by atoms with Gasteiger partial charge in [0.25, 0.3) is 0 Å². The van der Waals surface area contributed by atoms with Crippen molar-refractivity contribution in [1.29, 1.82) is 0 Å². The van der Waals surface area contributed by atoms with Gasteiger partial charge in [0.1, 0.15) is 5.69 Å². The highest BCUT2D eigenvalue weighted by Gasteiger charge is 2.23. The fourth-order valence-corrected chi connectivity index (χ4v) is 4.27. The van der Waals surface area contributed by atoms with Crippen molar-refractivity contribution in [2.75, 3.05) is 42.9 Å². The van der Waals surface area contributed by atoms with Crippen LogP contribution in [0.2, 0.25) is 0 Å². The number of amides is 1. The van der Waals surface area contributed by atoms with Crippen molar-refractivity contribution in [3.63, 3.8) is 0 Å². The van der Waals surface area contributed by atoms with Gasteiger partial charge in [-0.05, 0) is 57.0 Å². The molecule has 0 atom stereocenters.